The van der Waals surface area contributed by atoms with E-state index in [-0.39, 0.29) is 17.4 Å². The molecule has 1 aromatic rings. The molecule has 18 heavy (non-hydrogen) atoms. The third-order valence-corrected chi connectivity index (χ3v) is 3.42. The van der Waals surface area contributed by atoms with E-state index in [9.17, 15) is 4.79 Å². The van der Waals surface area contributed by atoms with Crippen molar-refractivity contribution in [2.24, 2.45) is 5.92 Å². The number of nitrogens with one attached hydrogen (secondary N) is 3. The van der Waals surface area contributed by atoms with Gasteiger partial charge in [-0.2, -0.15) is 0 Å². The molecule has 0 amide bonds. The van der Waals surface area contributed by atoms with Crippen LogP contribution in [-0.2, 0) is 0 Å². The predicted octanol–water partition coefficient (Wildman–Crippen LogP) is 0.578. The zero-order valence-electron chi connectivity index (χ0n) is 10.8. The van der Waals surface area contributed by atoms with Gasteiger partial charge >= 0.3 is 0 Å². The number of piperidine rings is 1. The van der Waals surface area contributed by atoms with Crippen molar-refractivity contribution in [3.05, 3.63) is 16.7 Å². The molecule has 1 aliphatic heterocycles. The van der Waals surface area contributed by atoms with Crippen LogP contribution in [0.1, 0.15) is 19.8 Å². The van der Waals surface area contributed by atoms with Gasteiger partial charge in [-0.3, -0.25) is 4.79 Å². The Balaban J connectivity index is 2.08. The highest BCUT2D eigenvalue weighted by Gasteiger charge is 2.21. The summed E-state index contributed by atoms with van der Waals surface area (Å²) in [7, 11) is 1.48. The Kier molecular flexibility index (Phi) is 4.19. The zero-order chi connectivity index (χ0) is 13.0. The third-order valence-electron chi connectivity index (χ3n) is 3.42. The summed E-state index contributed by atoms with van der Waals surface area (Å²) < 4.78 is 5.08. The minimum Gasteiger partial charge on any atom is -0.489 e. The van der Waals surface area contributed by atoms with Gasteiger partial charge in [-0.25, -0.2) is 4.98 Å². The molecule has 0 aromatic carbocycles. The maximum atomic E-state index is 11.6. The summed E-state index contributed by atoms with van der Waals surface area (Å²) in [6, 6.07) is 0.251. The number of methoxy groups -OCH3 is 1. The highest BCUT2D eigenvalue weighted by atomic mass is 16.5. The van der Waals surface area contributed by atoms with E-state index in [1.807, 2.05) is 0 Å². The summed E-state index contributed by atoms with van der Waals surface area (Å²) in [4.78, 5) is 18.2. The Morgan fingerprint density at radius 2 is 2.44 bits per heavy atom. The van der Waals surface area contributed by atoms with E-state index in [0.717, 1.165) is 13.1 Å². The molecule has 1 saturated heterocycles. The van der Waals surface area contributed by atoms with Gasteiger partial charge in [-0.15, -0.1) is 0 Å². The topological polar surface area (TPSA) is 79.0 Å². The van der Waals surface area contributed by atoms with Crippen LogP contribution in [0.5, 0.6) is 5.75 Å². The summed E-state index contributed by atoms with van der Waals surface area (Å²) in [5, 5.41) is 6.66. The lowest BCUT2D eigenvalue weighted by Crippen LogP contribution is -2.39. The van der Waals surface area contributed by atoms with Gasteiger partial charge in [0.2, 0.25) is 5.75 Å². The van der Waals surface area contributed by atoms with Gasteiger partial charge in [0.1, 0.15) is 0 Å². The van der Waals surface area contributed by atoms with E-state index in [1.165, 1.54) is 26.3 Å². The fourth-order valence-electron chi connectivity index (χ4n) is 2.32. The molecule has 2 atom stereocenters. The molecule has 1 aromatic heterocycles. The van der Waals surface area contributed by atoms with Gasteiger partial charge in [-0.05, 0) is 38.8 Å². The monoisotopic (exact) mass is 252 g/mol. The number of aromatic nitrogens is 2. The molecule has 0 bridgehead atoms. The predicted molar refractivity (Wildman–Crippen MR) is 70.1 cm³/mol. The first kappa shape index (κ1) is 12.9. The summed E-state index contributed by atoms with van der Waals surface area (Å²) >= 11 is 0. The minimum atomic E-state index is -0.260. The molecule has 0 saturated carbocycles. The third kappa shape index (κ3) is 2.81. The van der Waals surface area contributed by atoms with Crippen molar-refractivity contribution in [2.75, 3.05) is 25.5 Å². The van der Waals surface area contributed by atoms with Crippen LogP contribution < -0.4 is 20.9 Å². The Morgan fingerprint density at radius 1 is 1.61 bits per heavy atom. The van der Waals surface area contributed by atoms with E-state index in [0.29, 0.717) is 11.7 Å². The highest BCUT2D eigenvalue weighted by molar-refractivity contribution is 5.48. The minimum absolute atomic E-state index is 0.244. The quantitative estimate of drug-likeness (QED) is 0.730. The van der Waals surface area contributed by atoms with Crippen molar-refractivity contribution in [2.45, 2.75) is 25.8 Å². The van der Waals surface area contributed by atoms with Crippen LogP contribution in [0.2, 0.25) is 0 Å². The number of hydrogen-bond donors (Lipinski definition) is 3. The summed E-state index contributed by atoms with van der Waals surface area (Å²) in [6.45, 7) is 4.20. The lowest BCUT2D eigenvalue weighted by atomic mass is 9.93. The SMILES string of the molecule is COc1c(NC(C)C2CCCNC2)nc[nH]c1=O. The smallest absolute Gasteiger partial charge is 0.295 e. The summed E-state index contributed by atoms with van der Waals surface area (Å²) in [5.41, 5.74) is -0.260. The highest BCUT2D eigenvalue weighted by Crippen LogP contribution is 2.21. The standard InChI is InChI=1S/C12H20N4O2/c1-8(9-4-3-5-13-6-9)16-11-10(18-2)12(17)15-7-14-11/h7-9,13H,3-6H2,1-2H3,(H2,14,15,16,17). The van der Waals surface area contributed by atoms with Crippen molar-refractivity contribution in [1.29, 1.82) is 0 Å². The van der Waals surface area contributed by atoms with E-state index in [1.54, 1.807) is 0 Å². The molecular formula is C12H20N4O2. The molecule has 3 N–H and O–H groups in total. The lowest BCUT2D eigenvalue weighted by Gasteiger charge is -2.29. The maximum absolute atomic E-state index is 11.6. The van der Waals surface area contributed by atoms with Crippen LogP contribution in [0.3, 0.4) is 0 Å². The number of anilines is 1. The summed E-state index contributed by atoms with van der Waals surface area (Å²) in [5.74, 6) is 1.30. The molecular weight excluding hydrogens is 232 g/mol. The van der Waals surface area contributed by atoms with Crippen molar-refractivity contribution < 1.29 is 4.74 Å². The zero-order valence-corrected chi connectivity index (χ0v) is 10.8. The number of nitrogens with zero attached hydrogens (tertiary/aromatic N) is 1. The number of H-pyrrole nitrogens is 1. The molecule has 0 radical (unpaired) electrons. The van der Waals surface area contributed by atoms with Crippen molar-refractivity contribution >= 4 is 5.82 Å². The molecule has 2 unspecified atom stereocenters. The Bertz CT molecular complexity index is 440. The van der Waals surface area contributed by atoms with Gasteiger partial charge in [-0.1, -0.05) is 0 Å². The average Bonchev–Trinajstić information content (AvgIpc) is 2.40. The Morgan fingerprint density at radius 3 is 3.11 bits per heavy atom. The van der Waals surface area contributed by atoms with Crippen LogP contribution in [-0.4, -0.2) is 36.2 Å². The lowest BCUT2D eigenvalue weighted by molar-refractivity contribution is 0.345. The molecule has 2 rings (SSSR count). The second-order valence-corrected chi connectivity index (χ2v) is 4.65. The number of aromatic amines is 1. The van der Waals surface area contributed by atoms with E-state index in [2.05, 4.69) is 27.5 Å². The molecule has 6 nitrogen and oxygen atoms in total. The van der Waals surface area contributed by atoms with Crippen LogP contribution in [0.4, 0.5) is 5.82 Å². The molecule has 0 aliphatic carbocycles. The molecule has 1 fully saturated rings. The van der Waals surface area contributed by atoms with Gasteiger partial charge < -0.3 is 20.4 Å². The van der Waals surface area contributed by atoms with E-state index >= 15 is 0 Å². The van der Waals surface area contributed by atoms with Gasteiger partial charge in [0.25, 0.3) is 5.56 Å². The first-order valence-corrected chi connectivity index (χ1v) is 6.31. The molecule has 2 heterocycles. The Labute approximate surface area is 106 Å². The van der Waals surface area contributed by atoms with Crippen LogP contribution in [0.15, 0.2) is 11.1 Å². The van der Waals surface area contributed by atoms with Crippen molar-refractivity contribution in [3.8, 4) is 5.75 Å². The van der Waals surface area contributed by atoms with Gasteiger partial charge in [0, 0.05) is 6.04 Å². The molecule has 0 spiro atoms. The summed E-state index contributed by atoms with van der Waals surface area (Å²) in [6.07, 6.45) is 3.77. The van der Waals surface area contributed by atoms with E-state index in [4.69, 9.17) is 4.74 Å². The second-order valence-electron chi connectivity index (χ2n) is 4.65. The number of rotatable bonds is 4. The fourth-order valence-corrected chi connectivity index (χ4v) is 2.32. The first-order chi connectivity index (χ1) is 8.72. The van der Waals surface area contributed by atoms with Crippen molar-refractivity contribution in [1.82, 2.24) is 15.3 Å². The molecule has 1 aliphatic rings. The van der Waals surface area contributed by atoms with Crippen LogP contribution >= 0.6 is 0 Å². The second kappa shape index (κ2) is 5.86. The molecule has 6 heteroatoms. The van der Waals surface area contributed by atoms with Gasteiger partial charge in [0.15, 0.2) is 5.82 Å². The number of hydrogen-bond acceptors (Lipinski definition) is 5. The van der Waals surface area contributed by atoms with Crippen LogP contribution in [0, 0.1) is 5.92 Å². The number of ether oxygens (including phenoxy) is 1. The fraction of sp³-hybridized carbons (Fsp3) is 0.667. The average molecular weight is 252 g/mol. The first-order valence-electron chi connectivity index (χ1n) is 6.31. The van der Waals surface area contributed by atoms with Crippen molar-refractivity contribution in [3.63, 3.8) is 0 Å². The normalized spacial score (nSPS) is 21.3. The van der Waals surface area contributed by atoms with Crippen LogP contribution in [0.25, 0.3) is 0 Å². The van der Waals surface area contributed by atoms with Gasteiger partial charge in [0.05, 0.1) is 13.4 Å². The Hall–Kier alpha value is -1.56. The molecule has 100 valence electrons. The van der Waals surface area contributed by atoms with E-state index < -0.39 is 0 Å². The largest absolute Gasteiger partial charge is 0.489 e. The maximum Gasteiger partial charge on any atom is 0.295 e.